The molecule has 258 valence electrons. The lowest BCUT2D eigenvalue weighted by molar-refractivity contribution is 0.350. The van der Waals surface area contributed by atoms with Gasteiger partial charge < -0.3 is 0 Å². The number of thiocarbonyl (C=S) groups is 4. The quantitative estimate of drug-likeness (QED) is 0.129. The van der Waals surface area contributed by atoms with Crippen LogP contribution in [0.4, 0.5) is 0 Å². The maximum atomic E-state index is 6.06. The Kier molecular flexibility index (Phi) is 7.40. The number of rotatable bonds is 2. The zero-order valence-corrected chi connectivity index (χ0v) is 33.4. The van der Waals surface area contributed by atoms with Gasteiger partial charge in [-0.2, -0.15) is 0 Å². The molecule has 0 N–H and O–H groups in total. The van der Waals surface area contributed by atoms with Crippen molar-refractivity contribution in [3.05, 3.63) is 152 Å². The van der Waals surface area contributed by atoms with E-state index in [1.54, 1.807) is 0 Å². The molecule has 0 saturated heterocycles. The van der Waals surface area contributed by atoms with E-state index in [1.165, 1.54) is 118 Å². The predicted molar refractivity (Wildman–Crippen MR) is 241 cm³/mol. The van der Waals surface area contributed by atoms with E-state index in [1.807, 2.05) is 11.3 Å². The molecule has 0 atom stereocenters. The Hall–Kier alpha value is -3.58. The first-order valence-electron chi connectivity index (χ1n) is 19.2. The summed E-state index contributed by atoms with van der Waals surface area (Å²) in [5.41, 5.74) is 15.1. The minimum atomic E-state index is 0.000954. The van der Waals surface area contributed by atoms with E-state index in [2.05, 4.69) is 97.1 Å². The van der Waals surface area contributed by atoms with Gasteiger partial charge in [0.2, 0.25) is 0 Å². The zero-order valence-electron chi connectivity index (χ0n) is 29.3. The van der Waals surface area contributed by atoms with Crippen LogP contribution in [0.15, 0.2) is 107 Å². The minimum Gasteiger partial charge on any atom is -0.135 e. The second kappa shape index (κ2) is 12.0. The molecule has 2 spiro atoms. The highest BCUT2D eigenvalue weighted by Gasteiger charge is 2.45. The number of benzene rings is 4. The molecule has 11 rings (SSSR count). The van der Waals surface area contributed by atoms with Crippen LogP contribution in [0.2, 0.25) is 0 Å². The van der Waals surface area contributed by atoms with Crippen LogP contribution in [-0.4, -0.2) is 19.5 Å². The van der Waals surface area contributed by atoms with E-state index in [-0.39, 0.29) is 10.8 Å². The second-order valence-electron chi connectivity index (χ2n) is 16.0. The summed E-state index contributed by atoms with van der Waals surface area (Å²) in [6.07, 6.45) is 22.0. The first kappa shape index (κ1) is 32.8. The fourth-order valence-electron chi connectivity index (χ4n) is 10.8. The number of thiophene rings is 1. The lowest BCUT2D eigenvalue weighted by atomic mass is 9.66. The van der Waals surface area contributed by atoms with Gasteiger partial charge in [0.15, 0.2) is 0 Å². The van der Waals surface area contributed by atoms with Gasteiger partial charge in [-0.1, -0.05) is 148 Å². The van der Waals surface area contributed by atoms with Gasteiger partial charge in [-0.25, -0.2) is 0 Å². The van der Waals surface area contributed by atoms with Crippen molar-refractivity contribution in [3.8, 4) is 0 Å². The van der Waals surface area contributed by atoms with Crippen LogP contribution in [0.25, 0.3) is 32.3 Å². The molecule has 5 aromatic rings. The van der Waals surface area contributed by atoms with Crippen LogP contribution in [-0.2, 0) is 10.8 Å². The van der Waals surface area contributed by atoms with E-state index >= 15 is 0 Å². The van der Waals surface area contributed by atoms with Crippen molar-refractivity contribution in [2.45, 2.75) is 75.0 Å². The average Bonchev–Trinajstić information content (AvgIpc) is 3.91. The topological polar surface area (TPSA) is 0 Å². The van der Waals surface area contributed by atoms with Crippen molar-refractivity contribution >= 4 is 112 Å². The standard InChI is InChI=1S/C48H36S5/c49-43-31-11-3-4-12-32(31)44(50)37(43)23-29-19-27-21-41-35(25-39(27)47(29)15-7-1-8-16-47)36-26-40-28(22-42(36)53-41)20-30(48(40)17-9-2-10-18-48)24-38-45(51)33-13-5-6-14-34(33)46(38)52/h3-6,11-14,19-26H,1-2,7-10,15-18H2. The Balaban J connectivity index is 1.04. The van der Waals surface area contributed by atoms with Crippen molar-refractivity contribution in [2.24, 2.45) is 0 Å². The van der Waals surface area contributed by atoms with Crippen molar-refractivity contribution in [1.29, 1.82) is 0 Å². The van der Waals surface area contributed by atoms with E-state index in [4.69, 9.17) is 48.9 Å². The number of allylic oxidation sites excluding steroid dienone is 6. The summed E-state index contributed by atoms with van der Waals surface area (Å²) in [5, 5.41) is 2.81. The van der Waals surface area contributed by atoms with Gasteiger partial charge >= 0.3 is 0 Å². The maximum absolute atomic E-state index is 6.06. The number of fused-ring (bicyclic) bond motifs is 9. The summed E-state index contributed by atoms with van der Waals surface area (Å²) in [7, 11) is 0. The Morgan fingerprint density at radius 3 is 1.19 bits per heavy atom. The van der Waals surface area contributed by atoms with Crippen LogP contribution in [0.1, 0.15) is 109 Å². The van der Waals surface area contributed by atoms with Gasteiger partial charge in [0.25, 0.3) is 0 Å². The molecule has 6 aliphatic rings. The summed E-state index contributed by atoms with van der Waals surface area (Å²) in [6, 6.07) is 26.9. The number of hydrogen-bond acceptors (Lipinski definition) is 5. The average molecular weight is 773 g/mol. The first-order valence-corrected chi connectivity index (χ1v) is 21.6. The van der Waals surface area contributed by atoms with Crippen molar-refractivity contribution < 1.29 is 0 Å². The number of hydrogen-bond donors (Lipinski definition) is 0. The Bertz CT molecular complexity index is 2430. The fourth-order valence-corrected chi connectivity index (χ4v) is 13.4. The van der Waals surface area contributed by atoms with Crippen LogP contribution in [0.5, 0.6) is 0 Å². The molecule has 53 heavy (non-hydrogen) atoms. The highest BCUT2D eigenvalue weighted by Crippen LogP contribution is 2.56. The van der Waals surface area contributed by atoms with E-state index < -0.39 is 0 Å². The van der Waals surface area contributed by atoms with Gasteiger partial charge in [-0.15, -0.1) is 11.3 Å². The summed E-state index contributed by atoms with van der Waals surface area (Å²) in [6.45, 7) is 0. The van der Waals surface area contributed by atoms with Gasteiger partial charge in [0, 0.05) is 64.4 Å². The molecular weight excluding hydrogens is 737 g/mol. The molecule has 2 saturated carbocycles. The van der Waals surface area contributed by atoms with Crippen molar-refractivity contribution in [3.63, 3.8) is 0 Å². The molecule has 0 radical (unpaired) electrons. The molecule has 0 unspecified atom stereocenters. The largest absolute Gasteiger partial charge is 0.135 e. The van der Waals surface area contributed by atoms with Gasteiger partial charge in [0.05, 0.1) is 19.5 Å². The Labute approximate surface area is 336 Å². The monoisotopic (exact) mass is 772 g/mol. The molecule has 5 heteroatoms. The summed E-state index contributed by atoms with van der Waals surface area (Å²) >= 11 is 26.2. The van der Waals surface area contributed by atoms with Crippen molar-refractivity contribution in [2.75, 3.05) is 0 Å². The SMILES string of the molecule is S=C1C(=CC2=Cc3cc4sc5cc6c(cc5c4cc3C23CCCCC3)C2(CCCCC2)C(C=C2C(=S)c3ccccc3C2=S)=C6)C(=S)c2ccccc21. The van der Waals surface area contributed by atoms with Crippen LogP contribution in [0, 0.1) is 0 Å². The lowest BCUT2D eigenvalue weighted by Gasteiger charge is -2.37. The minimum absolute atomic E-state index is 0.000954. The third-order valence-electron chi connectivity index (χ3n) is 13.4. The third-order valence-corrected chi connectivity index (χ3v) is 16.3. The third kappa shape index (κ3) is 4.61. The Morgan fingerprint density at radius 2 is 0.830 bits per heavy atom. The van der Waals surface area contributed by atoms with Gasteiger partial charge in [-0.3, -0.25) is 0 Å². The summed E-state index contributed by atoms with van der Waals surface area (Å²) in [5.74, 6) is 0. The highest BCUT2D eigenvalue weighted by atomic mass is 32.1. The molecule has 1 aromatic heterocycles. The van der Waals surface area contributed by atoms with Crippen LogP contribution >= 0.6 is 60.2 Å². The molecular formula is C48H36S5. The summed E-state index contributed by atoms with van der Waals surface area (Å²) in [4.78, 5) is 3.59. The second-order valence-corrected chi connectivity index (χ2v) is 18.7. The predicted octanol–water partition coefficient (Wildman–Crippen LogP) is 13.4. The zero-order chi connectivity index (χ0) is 35.6. The highest BCUT2D eigenvalue weighted by molar-refractivity contribution is 7.84. The molecule has 0 aliphatic heterocycles. The molecule has 0 nitrogen and oxygen atoms in total. The Morgan fingerprint density at radius 1 is 0.472 bits per heavy atom. The van der Waals surface area contributed by atoms with E-state index in [0.717, 1.165) is 52.9 Å². The molecule has 4 aromatic carbocycles. The first-order chi connectivity index (χ1) is 25.9. The molecule has 1 heterocycles. The maximum Gasteiger partial charge on any atom is 0.0543 e. The van der Waals surface area contributed by atoms with Crippen LogP contribution < -0.4 is 0 Å². The fraction of sp³-hybridized carbons (Fsp3) is 0.250. The lowest BCUT2D eigenvalue weighted by Crippen LogP contribution is -2.29. The van der Waals surface area contributed by atoms with Crippen LogP contribution in [0.3, 0.4) is 0 Å². The molecule has 0 bridgehead atoms. The normalized spacial score (nSPS) is 20.7. The smallest absolute Gasteiger partial charge is 0.0543 e. The van der Waals surface area contributed by atoms with Gasteiger partial charge in [0.1, 0.15) is 0 Å². The van der Waals surface area contributed by atoms with E-state index in [9.17, 15) is 0 Å². The van der Waals surface area contributed by atoms with E-state index in [0.29, 0.717) is 0 Å². The molecule has 0 amide bonds. The molecule has 6 aliphatic carbocycles. The van der Waals surface area contributed by atoms with Gasteiger partial charge in [-0.05, 0) is 95.5 Å². The van der Waals surface area contributed by atoms with Crippen molar-refractivity contribution in [1.82, 2.24) is 0 Å². The molecule has 2 fully saturated rings. The summed E-state index contributed by atoms with van der Waals surface area (Å²) < 4.78 is 2.75.